The van der Waals surface area contributed by atoms with Crippen molar-refractivity contribution in [1.29, 1.82) is 0 Å². The van der Waals surface area contributed by atoms with Gasteiger partial charge in [-0.3, -0.25) is 0 Å². The van der Waals surface area contributed by atoms with Gasteiger partial charge >= 0.3 is 0 Å². The highest BCUT2D eigenvalue weighted by atomic mass is 32.1. The van der Waals surface area contributed by atoms with Crippen LogP contribution in [-0.4, -0.2) is 9.55 Å². The van der Waals surface area contributed by atoms with Crippen LogP contribution in [0.15, 0.2) is 55.6 Å². The van der Waals surface area contributed by atoms with Crippen molar-refractivity contribution in [2.24, 2.45) is 0 Å². The van der Waals surface area contributed by atoms with Gasteiger partial charge in [-0.1, -0.05) is 42.5 Å². The molecule has 0 atom stereocenters. The lowest BCUT2D eigenvalue weighted by molar-refractivity contribution is 0.758. The highest BCUT2D eigenvalue weighted by molar-refractivity contribution is 7.71. The van der Waals surface area contributed by atoms with Gasteiger partial charge in [-0.15, -0.1) is 13.2 Å². The molecule has 0 bridgehead atoms. The van der Waals surface area contributed by atoms with Gasteiger partial charge < -0.3 is 9.55 Å². The smallest absolute Gasteiger partial charge is 0.177 e. The Hall–Kier alpha value is -1.87. The second-order valence-electron chi connectivity index (χ2n) is 4.41. The quantitative estimate of drug-likeness (QED) is 0.620. The number of H-pyrrole nitrogens is 1. The molecule has 2 aromatic rings. The van der Waals surface area contributed by atoms with Crippen LogP contribution in [0.3, 0.4) is 0 Å². The Labute approximate surface area is 119 Å². The van der Waals surface area contributed by atoms with Crippen molar-refractivity contribution in [2.75, 3.05) is 0 Å². The van der Waals surface area contributed by atoms with E-state index in [9.17, 15) is 0 Å². The fourth-order valence-corrected chi connectivity index (χ4v) is 2.49. The number of nitrogens with one attached hydrogen (secondary N) is 1. The van der Waals surface area contributed by atoms with Gasteiger partial charge in [0, 0.05) is 30.8 Å². The van der Waals surface area contributed by atoms with Crippen molar-refractivity contribution in [2.45, 2.75) is 19.4 Å². The normalized spacial score (nSPS) is 10.3. The van der Waals surface area contributed by atoms with Gasteiger partial charge in [0.2, 0.25) is 0 Å². The third kappa shape index (κ3) is 3.12. The second kappa shape index (κ2) is 6.34. The van der Waals surface area contributed by atoms with Crippen molar-refractivity contribution in [3.05, 3.63) is 77.4 Å². The van der Waals surface area contributed by atoms with Crippen LogP contribution in [0.2, 0.25) is 0 Å². The number of hydrogen-bond donors (Lipinski definition) is 1. The summed E-state index contributed by atoms with van der Waals surface area (Å²) in [5.41, 5.74) is 3.64. The number of aromatic amines is 1. The maximum absolute atomic E-state index is 5.38. The minimum Gasteiger partial charge on any atom is -0.334 e. The lowest BCUT2D eigenvalue weighted by Crippen LogP contribution is -2.04. The summed E-state index contributed by atoms with van der Waals surface area (Å²) in [6.45, 7) is 8.34. The molecular formula is C16H18N2S. The van der Waals surface area contributed by atoms with E-state index in [1.54, 1.807) is 0 Å². The first-order chi connectivity index (χ1) is 9.26. The predicted octanol–water partition coefficient (Wildman–Crippen LogP) is 4.05. The molecule has 2 nitrogen and oxygen atoms in total. The monoisotopic (exact) mass is 270 g/mol. The Kier molecular flexibility index (Phi) is 4.53. The molecule has 98 valence electrons. The minimum atomic E-state index is 0.731. The molecule has 0 saturated carbocycles. The highest BCUT2D eigenvalue weighted by Crippen LogP contribution is 2.16. The summed E-state index contributed by atoms with van der Waals surface area (Å²) >= 11 is 5.38. The van der Waals surface area contributed by atoms with E-state index in [2.05, 4.69) is 47.0 Å². The van der Waals surface area contributed by atoms with E-state index >= 15 is 0 Å². The van der Waals surface area contributed by atoms with E-state index in [1.807, 2.05) is 18.2 Å². The average Bonchev–Trinajstić information content (AvgIpc) is 2.69. The van der Waals surface area contributed by atoms with Crippen LogP contribution in [0.4, 0.5) is 0 Å². The zero-order valence-corrected chi connectivity index (χ0v) is 11.7. The molecule has 3 heteroatoms. The standard InChI is InChI=1S/C16H18N2S/c1-3-8-14-15(12-13-9-6-5-7-10-13)18(11-4-2)16(19)17-14/h3-7,9-10H,1-2,8,11-12H2,(H,17,19). The van der Waals surface area contributed by atoms with Crippen LogP contribution in [0.5, 0.6) is 0 Å². The van der Waals surface area contributed by atoms with Gasteiger partial charge in [0.1, 0.15) is 0 Å². The fourth-order valence-electron chi connectivity index (χ4n) is 2.18. The van der Waals surface area contributed by atoms with Crippen molar-refractivity contribution < 1.29 is 0 Å². The Morgan fingerprint density at radius 3 is 2.53 bits per heavy atom. The molecule has 2 rings (SSSR count). The Bertz CT molecular complexity index is 620. The lowest BCUT2D eigenvalue weighted by Gasteiger charge is -2.08. The van der Waals surface area contributed by atoms with Crippen molar-refractivity contribution >= 4 is 12.2 Å². The molecule has 0 unspecified atom stereocenters. The largest absolute Gasteiger partial charge is 0.334 e. The van der Waals surface area contributed by atoms with Crippen molar-refractivity contribution in [1.82, 2.24) is 9.55 Å². The third-order valence-electron chi connectivity index (χ3n) is 3.05. The Morgan fingerprint density at radius 2 is 1.89 bits per heavy atom. The second-order valence-corrected chi connectivity index (χ2v) is 4.80. The number of hydrogen-bond acceptors (Lipinski definition) is 1. The van der Waals surface area contributed by atoms with Gasteiger partial charge in [-0.05, 0) is 17.8 Å². The molecule has 0 aliphatic rings. The van der Waals surface area contributed by atoms with Crippen molar-refractivity contribution in [3.8, 4) is 0 Å². The van der Waals surface area contributed by atoms with Crippen LogP contribution >= 0.6 is 12.2 Å². The minimum absolute atomic E-state index is 0.731. The molecule has 1 heterocycles. The van der Waals surface area contributed by atoms with Crippen LogP contribution in [0.1, 0.15) is 17.0 Å². The Balaban J connectivity index is 2.43. The van der Waals surface area contributed by atoms with Crippen LogP contribution in [-0.2, 0) is 19.4 Å². The number of benzene rings is 1. The molecule has 0 aliphatic heterocycles. The first-order valence-corrected chi connectivity index (χ1v) is 6.73. The summed E-state index contributed by atoms with van der Waals surface area (Å²) < 4.78 is 2.86. The molecule has 19 heavy (non-hydrogen) atoms. The molecule has 0 fully saturated rings. The van der Waals surface area contributed by atoms with E-state index < -0.39 is 0 Å². The lowest BCUT2D eigenvalue weighted by atomic mass is 10.1. The third-order valence-corrected chi connectivity index (χ3v) is 3.37. The van der Waals surface area contributed by atoms with E-state index in [0.717, 1.165) is 29.9 Å². The van der Waals surface area contributed by atoms with Gasteiger partial charge in [0.05, 0.1) is 0 Å². The van der Waals surface area contributed by atoms with E-state index in [0.29, 0.717) is 0 Å². The van der Waals surface area contributed by atoms with Gasteiger partial charge in [-0.2, -0.15) is 0 Å². The van der Waals surface area contributed by atoms with Crippen LogP contribution < -0.4 is 0 Å². The summed E-state index contributed by atoms with van der Waals surface area (Å²) in [5.74, 6) is 0. The molecule has 1 N–H and O–H groups in total. The average molecular weight is 270 g/mol. The molecule has 0 spiro atoms. The number of allylic oxidation sites excluding steroid dienone is 2. The first-order valence-electron chi connectivity index (χ1n) is 6.32. The van der Waals surface area contributed by atoms with Gasteiger partial charge in [0.15, 0.2) is 4.77 Å². The number of imidazole rings is 1. The molecule has 0 amide bonds. The number of rotatable bonds is 6. The van der Waals surface area contributed by atoms with E-state index in [-0.39, 0.29) is 0 Å². The molecular weight excluding hydrogens is 252 g/mol. The molecule has 0 radical (unpaired) electrons. The summed E-state index contributed by atoms with van der Waals surface area (Å²) in [7, 11) is 0. The highest BCUT2D eigenvalue weighted by Gasteiger charge is 2.10. The SMILES string of the molecule is C=CCc1[nH]c(=S)n(CC=C)c1Cc1ccccc1. The summed E-state index contributed by atoms with van der Waals surface area (Å²) in [6.07, 6.45) is 5.43. The van der Waals surface area contributed by atoms with Gasteiger partial charge in [0.25, 0.3) is 0 Å². The maximum Gasteiger partial charge on any atom is 0.177 e. The topological polar surface area (TPSA) is 20.7 Å². The van der Waals surface area contributed by atoms with Crippen LogP contribution in [0, 0.1) is 4.77 Å². The molecule has 1 aromatic heterocycles. The number of nitrogens with zero attached hydrogens (tertiary/aromatic N) is 1. The molecule has 0 aliphatic carbocycles. The fraction of sp³-hybridized carbons (Fsp3) is 0.188. The van der Waals surface area contributed by atoms with Crippen molar-refractivity contribution in [3.63, 3.8) is 0 Å². The summed E-state index contributed by atoms with van der Waals surface area (Å²) in [6, 6.07) is 10.4. The van der Waals surface area contributed by atoms with E-state index in [1.165, 1.54) is 11.3 Å². The van der Waals surface area contributed by atoms with Gasteiger partial charge in [-0.25, -0.2) is 0 Å². The summed E-state index contributed by atoms with van der Waals surface area (Å²) in [4.78, 5) is 3.28. The predicted molar refractivity (Wildman–Crippen MR) is 83.0 cm³/mol. The Morgan fingerprint density at radius 1 is 1.16 bits per heavy atom. The zero-order valence-electron chi connectivity index (χ0n) is 10.9. The first kappa shape index (κ1) is 13.6. The molecule has 1 aromatic carbocycles. The molecule has 0 saturated heterocycles. The van der Waals surface area contributed by atoms with Crippen LogP contribution in [0.25, 0.3) is 0 Å². The van der Waals surface area contributed by atoms with E-state index in [4.69, 9.17) is 12.2 Å². The maximum atomic E-state index is 5.38. The summed E-state index contributed by atoms with van der Waals surface area (Å²) in [5, 5.41) is 0. The zero-order chi connectivity index (χ0) is 13.7. The number of aromatic nitrogens is 2.